The fourth-order valence-electron chi connectivity index (χ4n) is 1.70. The highest BCUT2D eigenvalue weighted by atomic mass is 15.2. The quantitative estimate of drug-likeness (QED) is 0.806. The van der Waals surface area contributed by atoms with Crippen molar-refractivity contribution in [2.75, 3.05) is 0 Å². The lowest BCUT2D eigenvalue weighted by molar-refractivity contribution is 0.768. The smallest absolute Gasteiger partial charge is 0.0568 e. The molecule has 0 radical (unpaired) electrons. The van der Waals surface area contributed by atoms with Gasteiger partial charge in [-0.25, -0.2) is 0 Å². The van der Waals surface area contributed by atoms with E-state index in [1.807, 2.05) is 19.4 Å². The second-order valence-electron chi connectivity index (χ2n) is 3.77. The molecule has 0 amide bonds. The van der Waals surface area contributed by atoms with E-state index in [0.29, 0.717) is 6.54 Å². The van der Waals surface area contributed by atoms with Gasteiger partial charge in [-0.05, 0) is 18.1 Å². The Labute approximate surface area is 89.5 Å². The highest BCUT2D eigenvalue weighted by Gasteiger charge is 2.05. The van der Waals surface area contributed by atoms with Crippen molar-refractivity contribution in [1.82, 2.24) is 9.78 Å². The summed E-state index contributed by atoms with van der Waals surface area (Å²) in [6, 6.07) is 6.32. The standard InChI is InChI=1S/C12H15N3/c1-9-3-4-10(6-13)12(5-9)11-7-14-15(2)8-11/h3-5,7-8H,6,13H2,1-2H3. The molecule has 3 nitrogen and oxygen atoms in total. The zero-order valence-electron chi connectivity index (χ0n) is 9.07. The van der Waals surface area contributed by atoms with Crippen molar-refractivity contribution in [2.45, 2.75) is 13.5 Å². The van der Waals surface area contributed by atoms with Crippen molar-refractivity contribution in [3.63, 3.8) is 0 Å². The van der Waals surface area contributed by atoms with Gasteiger partial charge in [0.15, 0.2) is 0 Å². The molecule has 2 rings (SSSR count). The van der Waals surface area contributed by atoms with Gasteiger partial charge in [0.2, 0.25) is 0 Å². The third-order valence-electron chi connectivity index (χ3n) is 2.50. The minimum absolute atomic E-state index is 0.560. The summed E-state index contributed by atoms with van der Waals surface area (Å²) < 4.78 is 1.80. The summed E-state index contributed by atoms with van der Waals surface area (Å²) in [5.41, 5.74) is 10.4. The summed E-state index contributed by atoms with van der Waals surface area (Å²) in [5.74, 6) is 0. The van der Waals surface area contributed by atoms with Gasteiger partial charge in [-0.2, -0.15) is 5.10 Å². The third-order valence-corrected chi connectivity index (χ3v) is 2.50. The van der Waals surface area contributed by atoms with Crippen LogP contribution in [-0.2, 0) is 13.6 Å². The molecular weight excluding hydrogens is 186 g/mol. The van der Waals surface area contributed by atoms with E-state index in [4.69, 9.17) is 5.73 Å². The monoisotopic (exact) mass is 201 g/mol. The largest absolute Gasteiger partial charge is 0.326 e. The molecule has 1 aromatic heterocycles. The highest BCUT2D eigenvalue weighted by molar-refractivity contribution is 5.66. The van der Waals surface area contributed by atoms with Crippen LogP contribution in [0.3, 0.4) is 0 Å². The summed E-state index contributed by atoms with van der Waals surface area (Å²) in [5, 5.41) is 4.17. The Morgan fingerprint density at radius 2 is 2.20 bits per heavy atom. The molecule has 0 aliphatic heterocycles. The fraction of sp³-hybridized carbons (Fsp3) is 0.250. The van der Waals surface area contributed by atoms with E-state index in [-0.39, 0.29) is 0 Å². The van der Waals surface area contributed by atoms with Gasteiger partial charge in [0, 0.05) is 25.4 Å². The summed E-state index contributed by atoms with van der Waals surface area (Å²) >= 11 is 0. The van der Waals surface area contributed by atoms with E-state index in [1.54, 1.807) is 4.68 Å². The first-order chi connectivity index (χ1) is 7.20. The number of benzene rings is 1. The minimum atomic E-state index is 0.560. The van der Waals surface area contributed by atoms with Crippen molar-refractivity contribution in [3.05, 3.63) is 41.7 Å². The second kappa shape index (κ2) is 3.87. The van der Waals surface area contributed by atoms with Crippen LogP contribution in [0.1, 0.15) is 11.1 Å². The fourth-order valence-corrected chi connectivity index (χ4v) is 1.70. The van der Waals surface area contributed by atoms with Gasteiger partial charge in [0.05, 0.1) is 6.20 Å². The van der Waals surface area contributed by atoms with Crippen molar-refractivity contribution in [3.8, 4) is 11.1 Å². The average Bonchev–Trinajstić information content (AvgIpc) is 2.65. The Kier molecular flexibility index (Phi) is 2.56. The molecule has 0 unspecified atom stereocenters. The van der Waals surface area contributed by atoms with Gasteiger partial charge in [0.1, 0.15) is 0 Å². The van der Waals surface area contributed by atoms with E-state index in [1.165, 1.54) is 11.1 Å². The number of aromatic nitrogens is 2. The molecule has 1 aromatic carbocycles. The second-order valence-corrected chi connectivity index (χ2v) is 3.77. The van der Waals surface area contributed by atoms with Crippen LogP contribution in [-0.4, -0.2) is 9.78 Å². The van der Waals surface area contributed by atoms with E-state index >= 15 is 0 Å². The topological polar surface area (TPSA) is 43.8 Å². The molecule has 1 heterocycles. The molecule has 15 heavy (non-hydrogen) atoms. The lowest BCUT2D eigenvalue weighted by atomic mass is 10.0. The van der Waals surface area contributed by atoms with Crippen LogP contribution in [0.5, 0.6) is 0 Å². The first kappa shape index (κ1) is 9.93. The maximum absolute atomic E-state index is 5.72. The molecule has 3 heteroatoms. The minimum Gasteiger partial charge on any atom is -0.326 e. The molecular formula is C12H15N3. The number of aryl methyl sites for hydroxylation is 2. The summed E-state index contributed by atoms with van der Waals surface area (Å²) in [6.07, 6.45) is 3.88. The Morgan fingerprint density at radius 3 is 2.80 bits per heavy atom. The summed E-state index contributed by atoms with van der Waals surface area (Å²) in [4.78, 5) is 0. The Hall–Kier alpha value is -1.61. The van der Waals surface area contributed by atoms with E-state index in [9.17, 15) is 0 Å². The van der Waals surface area contributed by atoms with Gasteiger partial charge >= 0.3 is 0 Å². The number of hydrogen-bond acceptors (Lipinski definition) is 2. The number of nitrogens with two attached hydrogens (primary N) is 1. The van der Waals surface area contributed by atoms with Crippen LogP contribution >= 0.6 is 0 Å². The zero-order chi connectivity index (χ0) is 10.8. The zero-order valence-corrected chi connectivity index (χ0v) is 9.07. The van der Waals surface area contributed by atoms with E-state index < -0.39 is 0 Å². The first-order valence-corrected chi connectivity index (χ1v) is 4.99. The summed E-state index contributed by atoms with van der Waals surface area (Å²) in [6.45, 7) is 2.64. The predicted molar refractivity (Wildman–Crippen MR) is 61.3 cm³/mol. The number of nitrogens with zero attached hydrogens (tertiary/aromatic N) is 2. The molecule has 0 aliphatic carbocycles. The Morgan fingerprint density at radius 1 is 1.40 bits per heavy atom. The van der Waals surface area contributed by atoms with Crippen molar-refractivity contribution in [2.24, 2.45) is 12.8 Å². The van der Waals surface area contributed by atoms with Crippen LogP contribution in [0, 0.1) is 6.92 Å². The van der Waals surface area contributed by atoms with Crippen LogP contribution in [0.25, 0.3) is 11.1 Å². The van der Waals surface area contributed by atoms with Crippen LogP contribution in [0.2, 0.25) is 0 Å². The first-order valence-electron chi connectivity index (χ1n) is 4.99. The highest BCUT2D eigenvalue weighted by Crippen LogP contribution is 2.24. The molecule has 2 aromatic rings. The maximum Gasteiger partial charge on any atom is 0.0568 e. The van der Waals surface area contributed by atoms with Crippen LogP contribution in [0.15, 0.2) is 30.6 Å². The lowest BCUT2D eigenvalue weighted by Gasteiger charge is -2.06. The molecule has 0 bridgehead atoms. The van der Waals surface area contributed by atoms with Crippen molar-refractivity contribution in [1.29, 1.82) is 0 Å². The average molecular weight is 201 g/mol. The molecule has 0 saturated heterocycles. The van der Waals surface area contributed by atoms with E-state index in [2.05, 4.69) is 30.2 Å². The molecule has 0 spiro atoms. The summed E-state index contributed by atoms with van der Waals surface area (Å²) in [7, 11) is 1.92. The van der Waals surface area contributed by atoms with Crippen molar-refractivity contribution < 1.29 is 0 Å². The van der Waals surface area contributed by atoms with Gasteiger partial charge in [-0.15, -0.1) is 0 Å². The number of hydrogen-bond donors (Lipinski definition) is 1. The molecule has 78 valence electrons. The molecule has 0 atom stereocenters. The maximum atomic E-state index is 5.72. The number of rotatable bonds is 2. The van der Waals surface area contributed by atoms with E-state index in [0.717, 1.165) is 11.1 Å². The van der Waals surface area contributed by atoms with Crippen molar-refractivity contribution >= 4 is 0 Å². The molecule has 0 fully saturated rings. The van der Waals surface area contributed by atoms with Gasteiger partial charge in [-0.3, -0.25) is 4.68 Å². The van der Waals surface area contributed by atoms with Crippen LogP contribution < -0.4 is 5.73 Å². The molecule has 2 N–H and O–H groups in total. The predicted octanol–water partition coefficient (Wildman–Crippen LogP) is 1.85. The van der Waals surface area contributed by atoms with Gasteiger partial charge < -0.3 is 5.73 Å². The Bertz CT molecular complexity index is 471. The van der Waals surface area contributed by atoms with Gasteiger partial charge in [-0.1, -0.05) is 23.8 Å². The molecule has 0 aliphatic rings. The molecule has 0 saturated carbocycles. The van der Waals surface area contributed by atoms with Gasteiger partial charge in [0.25, 0.3) is 0 Å². The Balaban J connectivity index is 2.55. The SMILES string of the molecule is Cc1ccc(CN)c(-c2cnn(C)c2)c1. The third kappa shape index (κ3) is 1.92. The van der Waals surface area contributed by atoms with Crippen LogP contribution in [0.4, 0.5) is 0 Å². The normalized spacial score (nSPS) is 10.6. The lowest BCUT2D eigenvalue weighted by Crippen LogP contribution is -1.98.